The summed E-state index contributed by atoms with van der Waals surface area (Å²) in [5, 5.41) is 9.39. The molecule has 1 aromatic carbocycles. The second kappa shape index (κ2) is 5.05. The number of piperidine rings is 1. The summed E-state index contributed by atoms with van der Waals surface area (Å²) in [6, 6.07) is 5.33. The first-order valence-corrected chi connectivity index (χ1v) is 6.30. The van der Waals surface area contributed by atoms with Crippen LogP contribution in [0.5, 0.6) is 5.75 Å². The summed E-state index contributed by atoms with van der Waals surface area (Å²) in [4.78, 5) is 2.46. The molecule has 0 aromatic heterocycles. The number of halogens is 1. The van der Waals surface area contributed by atoms with E-state index < -0.39 is 5.82 Å². The summed E-state index contributed by atoms with van der Waals surface area (Å²) in [6.45, 7) is 6.59. The fourth-order valence-electron chi connectivity index (χ4n) is 2.53. The summed E-state index contributed by atoms with van der Waals surface area (Å²) in [5.41, 5.74) is 1.06. The molecule has 1 saturated heterocycles. The van der Waals surface area contributed by atoms with Gasteiger partial charge in [0.2, 0.25) is 0 Å². The van der Waals surface area contributed by atoms with Crippen molar-refractivity contribution in [2.24, 2.45) is 0 Å². The standard InChI is InChI=1S/C14H20FNO/c1-10(2)16-7-5-11(6-8-16)12-3-4-13(15)14(17)9-12/h3-4,9-11,17H,5-8H2,1-2H3. The second-order valence-corrected chi connectivity index (χ2v) is 5.11. The van der Waals surface area contributed by atoms with Crippen molar-refractivity contribution in [2.75, 3.05) is 13.1 Å². The summed E-state index contributed by atoms with van der Waals surface area (Å²) >= 11 is 0. The molecule has 1 heterocycles. The van der Waals surface area contributed by atoms with Crippen LogP contribution >= 0.6 is 0 Å². The van der Waals surface area contributed by atoms with Crippen LogP contribution in [0.1, 0.15) is 38.2 Å². The lowest BCUT2D eigenvalue weighted by Crippen LogP contribution is -2.37. The molecule has 0 unspecified atom stereocenters. The molecule has 0 atom stereocenters. The maximum Gasteiger partial charge on any atom is 0.164 e. The minimum Gasteiger partial charge on any atom is -0.505 e. The summed E-state index contributed by atoms with van der Waals surface area (Å²) in [6.07, 6.45) is 2.17. The van der Waals surface area contributed by atoms with E-state index >= 15 is 0 Å². The average Bonchev–Trinajstić information content (AvgIpc) is 2.33. The zero-order chi connectivity index (χ0) is 12.4. The van der Waals surface area contributed by atoms with Crippen LogP contribution < -0.4 is 0 Å². The van der Waals surface area contributed by atoms with Crippen LogP contribution in [0.4, 0.5) is 4.39 Å². The lowest BCUT2D eigenvalue weighted by molar-refractivity contribution is 0.172. The Hall–Kier alpha value is -1.09. The second-order valence-electron chi connectivity index (χ2n) is 5.11. The molecule has 0 radical (unpaired) electrons. The number of hydrogen-bond donors (Lipinski definition) is 1. The Morgan fingerprint density at radius 2 is 1.94 bits per heavy atom. The van der Waals surface area contributed by atoms with E-state index in [0.717, 1.165) is 31.5 Å². The van der Waals surface area contributed by atoms with Crippen molar-refractivity contribution in [3.05, 3.63) is 29.6 Å². The van der Waals surface area contributed by atoms with Gasteiger partial charge in [-0.15, -0.1) is 0 Å². The Kier molecular flexibility index (Phi) is 3.67. The Balaban J connectivity index is 2.03. The molecular formula is C14H20FNO. The first kappa shape index (κ1) is 12.4. The van der Waals surface area contributed by atoms with Crippen molar-refractivity contribution in [2.45, 2.75) is 38.6 Å². The third kappa shape index (κ3) is 2.78. The molecule has 0 saturated carbocycles. The van der Waals surface area contributed by atoms with Gasteiger partial charge in [0.1, 0.15) is 0 Å². The van der Waals surface area contributed by atoms with Gasteiger partial charge in [-0.1, -0.05) is 6.07 Å². The van der Waals surface area contributed by atoms with Gasteiger partial charge in [0, 0.05) is 6.04 Å². The number of phenolic OH excluding ortho intramolecular Hbond substituents is 1. The summed E-state index contributed by atoms with van der Waals surface area (Å²) in [5.74, 6) is -0.307. The molecule has 2 rings (SSSR count). The molecule has 0 aliphatic carbocycles. The van der Waals surface area contributed by atoms with Crippen LogP contribution in [0, 0.1) is 5.82 Å². The monoisotopic (exact) mass is 237 g/mol. The highest BCUT2D eigenvalue weighted by molar-refractivity contribution is 5.31. The Morgan fingerprint density at radius 3 is 2.47 bits per heavy atom. The number of rotatable bonds is 2. The van der Waals surface area contributed by atoms with Gasteiger partial charge >= 0.3 is 0 Å². The van der Waals surface area contributed by atoms with Crippen LogP contribution in [0.3, 0.4) is 0 Å². The number of likely N-dealkylation sites (tertiary alicyclic amines) is 1. The smallest absolute Gasteiger partial charge is 0.164 e. The SMILES string of the molecule is CC(C)N1CCC(c2ccc(F)c(O)c2)CC1. The highest BCUT2D eigenvalue weighted by Gasteiger charge is 2.22. The molecule has 0 amide bonds. The predicted octanol–water partition coefficient (Wildman–Crippen LogP) is 3.12. The van der Waals surface area contributed by atoms with Crippen LogP contribution in [-0.4, -0.2) is 29.1 Å². The van der Waals surface area contributed by atoms with E-state index in [9.17, 15) is 9.50 Å². The van der Waals surface area contributed by atoms with E-state index in [1.54, 1.807) is 12.1 Å². The van der Waals surface area contributed by atoms with Crippen molar-refractivity contribution in [3.8, 4) is 5.75 Å². The summed E-state index contributed by atoms with van der Waals surface area (Å²) in [7, 11) is 0. The van der Waals surface area contributed by atoms with E-state index in [1.165, 1.54) is 6.07 Å². The van der Waals surface area contributed by atoms with Crippen LogP contribution in [0.15, 0.2) is 18.2 Å². The van der Waals surface area contributed by atoms with E-state index in [0.29, 0.717) is 12.0 Å². The highest BCUT2D eigenvalue weighted by atomic mass is 19.1. The van der Waals surface area contributed by atoms with Crippen molar-refractivity contribution < 1.29 is 9.50 Å². The van der Waals surface area contributed by atoms with E-state index in [2.05, 4.69) is 18.7 Å². The quantitative estimate of drug-likeness (QED) is 0.854. The molecule has 1 aliphatic heterocycles. The van der Waals surface area contributed by atoms with Crippen molar-refractivity contribution >= 4 is 0 Å². The number of aromatic hydroxyl groups is 1. The Labute approximate surface area is 102 Å². The van der Waals surface area contributed by atoms with Gasteiger partial charge < -0.3 is 10.0 Å². The van der Waals surface area contributed by atoms with Gasteiger partial charge in [0.15, 0.2) is 11.6 Å². The minimum absolute atomic E-state index is 0.228. The fraction of sp³-hybridized carbons (Fsp3) is 0.571. The number of nitrogens with zero attached hydrogens (tertiary/aromatic N) is 1. The third-order valence-corrected chi connectivity index (χ3v) is 3.70. The lowest BCUT2D eigenvalue weighted by atomic mass is 9.89. The van der Waals surface area contributed by atoms with E-state index in [4.69, 9.17) is 0 Å². The molecule has 0 bridgehead atoms. The fourth-order valence-corrected chi connectivity index (χ4v) is 2.53. The molecule has 3 heteroatoms. The maximum atomic E-state index is 13.0. The molecule has 1 aliphatic rings. The van der Waals surface area contributed by atoms with Gasteiger partial charge in [-0.05, 0) is 63.4 Å². The van der Waals surface area contributed by atoms with Gasteiger partial charge in [-0.2, -0.15) is 0 Å². The zero-order valence-corrected chi connectivity index (χ0v) is 10.5. The third-order valence-electron chi connectivity index (χ3n) is 3.70. The van der Waals surface area contributed by atoms with Gasteiger partial charge in [-0.25, -0.2) is 4.39 Å². The minimum atomic E-state index is -0.534. The summed E-state index contributed by atoms with van der Waals surface area (Å²) < 4.78 is 13.0. The number of phenols is 1. The molecule has 0 spiro atoms. The molecular weight excluding hydrogens is 217 g/mol. The number of hydrogen-bond acceptors (Lipinski definition) is 2. The molecule has 1 aromatic rings. The average molecular weight is 237 g/mol. The lowest BCUT2D eigenvalue weighted by Gasteiger charge is -2.34. The van der Waals surface area contributed by atoms with E-state index in [-0.39, 0.29) is 5.75 Å². The topological polar surface area (TPSA) is 23.5 Å². The highest BCUT2D eigenvalue weighted by Crippen LogP contribution is 2.31. The Bertz CT molecular complexity index is 384. The largest absolute Gasteiger partial charge is 0.505 e. The molecule has 1 N–H and O–H groups in total. The normalized spacial score (nSPS) is 18.8. The van der Waals surface area contributed by atoms with E-state index in [1.807, 2.05) is 0 Å². The van der Waals surface area contributed by atoms with Crippen LogP contribution in [-0.2, 0) is 0 Å². The zero-order valence-electron chi connectivity index (χ0n) is 10.5. The molecule has 1 fully saturated rings. The van der Waals surface area contributed by atoms with Gasteiger partial charge in [-0.3, -0.25) is 0 Å². The van der Waals surface area contributed by atoms with Crippen LogP contribution in [0.25, 0.3) is 0 Å². The van der Waals surface area contributed by atoms with Gasteiger partial charge in [0.05, 0.1) is 0 Å². The van der Waals surface area contributed by atoms with Gasteiger partial charge in [0.25, 0.3) is 0 Å². The maximum absolute atomic E-state index is 13.0. The number of benzene rings is 1. The first-order valence-electron chi connectivity index (χ1n) is 6.30. The Morgan fingerprint density at radius 1 is 1.29 bits per heavy atom. The molecule has 94 valence electrons. The van der Waals surface area contributed by atoms with Crippen molar-refractivity contribution in [1.29, 1.82) is 0 Å². The predicted molar refractivity (Wildman–Crippen MR) is 66.7 cm³/mol. The molecule has 17 heavy (non-hydrogen) atoms. The first-order chi connectivity index (χ1) is 8.08. The van der Waals surface area contributed by atoms with Crippen LogP contribution in [0.2, 0.25) is 0 Å². The molecule has 2 nitrogen and oxygen atoms in total. The van der Waals surface area contributed by atoms with Crippen molar-refractivity contribution in [3.63, 3.8) is 0 Å². The van der Waals surface area contributed by atoms with Crippen molar-refractivity contribution in [1.82, 2.24) is 4.90 Å².